The van der Waals surface area contributed by atoms with Crippen LogP contribution in [0.25, 0.3) is 11.3 Å². The van der Waals surface area contributed by atoms with Gasteiger partial charge in [-0.1, -0.05) is 38.1 Å². The van der Waals surface area contributed by atoms with Gasteiger partial charge in [-0.15, -0.1) is 0 Å². The normalized spacial score (nSPS) is 10.9. The van der Waals surface area contributed by atoms with Gasteiger partial charge in [-0.25, -0.2) is 4.68 Å². The average Bonchev–Trinajstić information content (AvgIpc) is 2.70. The SMILES string of the molecule is COc1ccc(C(=O)Cn2nc(-c3ccc(CC(C)C)cc3)ccc2=O)cc1. The molecule has 1 heterocycles. The number of benzene rings is 2. The van der Waals surface area contributed by atoms with Crippen LogP contribution in [0, 0.1) is 5.92 Å². The van der Waals surface area contributed by atoms with Gasteiger partial charge in [0.25, 0.3) is 5.56 Å². The van der Waals surface area contributed by atoms with E-state index in [0.717, 1.165) is 12.0 Å². The summed E-state index contributed by atoms with van der Waals surface area (Å²) in [6.45, 7) is 4.26. The Morgan fingerprint density at radius 3 is 2.29 bits per heavy atom. The van der Waals surface area contributed by atoms with Crippen LogP contribution in [0.5, 0.6) is 5.75 Å². The van der Waals surface area contributed by atoms with Gasteiger partial charge in [0, 0.05) is 17.2 Å². The van der Waals surface area contributed by atoms with Gasteiger partial charge in [-0.05, 0) is 48.2 Å². The lowest BCUT2D eigenvalue weighted by Gasteiger charge is -2.09. The number of carbonyl (C=O) groups excluding carboxylic acids is 1. The Hall–Kier alpha value is -3.21. The van der Waals surface area contributed by atoms with Gasteiger partial charge in [-0.2, -0.15) is 5.10 Å². The van der Waals surface area contributed by atoms with Crippen molar-refractivity contribution in [3.8, 4) is 17.0 Å². The second-order valence-electron chi connectivity index (χ2n) is 7.16. The highest BCUT2D eigenvalue weighted by atomic mass is 16.5. The summed E-state index contributed by atoms with van der Waals surface area (Å²) in [6, 6.07) is 18.1. The predicted octanol–water partition coefficient (Wildman–Crippen LogP) is 4.00. The van der Waals surface area contributed by atoms with Crippen molar-refractivity contribution >= 4 is 5.78 Å². The lowest BCUT2D eigenvalue weighted by Crippen LogP contribution is -2.26. The van der Waals surface area contributed by atoms with Crippen LogP contribution >= 0.6 is 0 Å². The van der Waals surface area contributed by atoms with Crippen molar-refractivity contribution in [2.75, 3.05) is 7.11 Å². The fourth-order valence-corrected chi connectivity index (χ4v) is 3.00. The third-order valence-corrected chi connectivity index (χ3v) is 4.47. The molecule has 3 rings (SSSR count). The molecule has 28 heavy (non-hydrogen) atoms. The molecule has 0 atom stereocenters. The smallest absolute Gasteiger partial charge is 0.267 e. The second-order valence-corrected chi connectivity index (χ2v) is 7.16. The molecular weight excluding hydrogens is 352 g/mol. The Labute approximate surface area is 164 Å². The lowest BCUT2D eigenvalue weighted by atomic mass is 10.0. The molecule has 0 radical (unpaired) electrons. The first-order chi connectivity index (χ1) is 13.5. The molecule has 3 aromatic rings. The predicted molar refractivity (Wildman–Crippen MR) is 110 cm³/mol. The molecule has 0 aliphatic heterocycles. The van der Waals surface area contributed by atoms with Crippen LogP contribution in [-0.4, -0.2) is 22.7 Å². The summed E-state index contributed by atoms with van der Waals surface area (Å²) < 4.78 is 6.31. The maximum Gasteiger partial charge on any atom is 0.267 e. The van der Waals surface area contributed by atoms with Crippen molar-refractivity contribution in [1.29, 1.82) is 0 Å². The fourth-order valence-electron chi connectivity index (χ4n) is 3.00. The van der Waals surface area contributed by atoms with E-state index in [1.54, 1.807) is 37.4 Å². The minimum absolute atomic E-state index is 0.107. The molecule has 2 aromatic carbocycles. The maximum atomic E-state index is 12.5. The van der Waals surface area contributed by atoms with E-state index >= 15 is 0 Å². The minimum atomic E-state index is -0.304. The number of Topliss-reactive ketones (excluding diaryl/α,β-unsaturated/α-hetero) is 1. The molecule has 0 saturated heterocycles. The van der Waals surface area contributed by atoms with Gasteiger partial charge in [0.1, 0.15) is 12.3 Å². The number of rotatable bonds is 7. The first kappa shape index (κ1) is 19.5. The first-order valence-electron chi connectivity index (χ1n) is 9.31. The molecule has 5 nitrogen and oxygen atoms in total. The number of ketones is 1. The van der Waals surface area contributed by atoms with Crippen molar-refractivity contribution in [2.45, 2.75) is 26.8 Å². The average molecular weight is 376 g/mol. The number of hydrogen-bond acceptors (Lipinski definition) is 4. The molecule has 0 unspecified atom stereocenters. The van der Waals surface area contributed by atoms with Crippen LogP contribution in [0.3, 0.4) is 0 Å². The van der Waals surface area contributed by atoms with Gasteiger partial charge >= 0.3 is 0 Å². The summed E-state index contributed by atoms with van der Waals surface area (Å²) in [5, 5.41) is 4.39. The van der Waals surface area contributed by atoms with Crippen LogP contribution in [0.1, 0.15) is 29.8 Å². The molecule has 0 N–H and O–H groups in total. The fraction of sp³-hybridized carbons (Fsp3) is 0.261. The molecule has 144 valence electrons. The molecule has 0 amide bonds. The highest BCUT2D eigenvalue weighted by Crippen LogP contribution is 2.18. The highest BCUT2D eigenvalue weighted by Gasteiger charge is 2.11. The van der Waals surface area contributed by atoms with E-state index in [4.69, 9.17) is 4.74 Å². The molecule has 0 aliphatic rings. The summed E-state index contributed by atoms with van der Waals surface area (Å²) in [5.41, 5.74) is 3.05. The Balaban J connectivity index is 1.81. The molecule has 0 saturated carbocycles. The lowest BCUT2D eigenvalue weighted by molar-refractivity contribution is 0.0966. The van der Waals surface area contributed by atoms with Crippen LogP contribution in [0.2, 0.25) is 0 Å². The third-order valence-electron chi connectivity index (χ3n) is 4.47. The topological polar surface area (TPSA) is 61.2 Å². The number of methoxy groups -OCH3 is 1. The molecule has 0 aliphatic carbocycles. The number of hydrogen-bond donors (Lipinski definition) is 0. The molecule has 0 fully saturated rings. The summed E-state index contributed by atoms with van der Waals surface area (Å²) >= 11 is 0. The van der Waals surface area contributed by atoms with Crippen LogP contribution in [0.4, 0.5) is 0 Å². The molecule has 0 bridgehead atoms. The summed E-state index contributed by atoms with van der Waals surface area (Å²) in [7, 11) is 1.57. The third kappa shape index (κ3) is 4.74. The maximum absolute atomic E-state index is 12.5. The number of carbonyl (C=O) groups is 1. The van der Waals surface area contributed by atoms with E-state index in [2.05, 4.69) is 31.1 Å². The summed E-state index contributed by atoms with van der Waals surface area (Å²) in [4.78, 5) is 24.7. The quantitative estimate of drug-likeness (QED) is 0.585. The molecule has 5 heteroatoms. The summed E-state index contributed by atoms with van der Waals surface area (Å²) in [6.07, 6.45) is 1.02. The molecule has 0 spiro atoms. The van der Waals surface area contributed by atoms with Gasteiger partial charge in [0.05, 0.1) is 12.8 Å². The first-order valence-corrected chi connectivity index (χ1v) is 9.31. The molecular formula is C23H24N2O3. The number of nitrogens with zero attached hydrogens (tertiary/aromatic N) is 2. The number of ether oxygens (including phenoxy) is 1. The zero-order valence-corrected chi connectivity index (χ0v) is 16.4. The Morgan fingerprint density at radius 1 is 1.00 bits per heavy atom. The van der Waals surface area contributed by atoms with E-state index in [1.165, 1.54) is 16.3 Å². The molecule has 1 aromatic heterocycles. The van der Waals surface area contributed by atoms with Gasteiger partial charge < -0.3 is 4.74 Å². The number of aromatic nitrogens is 2. The van der Waals surface area contributed by atoms with Crippen LogP contribution in [-0.2, 0) is 13.0 Å². The van der Waals surface area contributed by atoms with Crippen molar-refractivity contribution in [1.82, 2.24) is 9.78 Å². The van der Waals surface area contributed by atoms with Crippen molar-refractivity contribution in [2.24, 2.45) is 5.92 Å². The van der Waals surface area contributed by atoms with Crippen LogP contribution < -0.4 is 10.3 Å². The zero-order valence-electron chi connectivity index (χ0n) is 16.4. The van der Waals surface area contributed by atoms with E-state index in [1.807, 2.05) is 12.1 Å². The Kier molecular flexibility index (Phi) is 6.04. The summed E-state index contributed by atoms with van der Waals surface area (Å²) in [5.74, 6) is 1.09. The minimum Gasteiger partial charge on any atom is -0.497 e. The van der Waals surface area contributed by atoms with Crippen molar-refractivity contribution in [3.05, 3.63) is 82.1 Å². The van der Waals surface area contributed by atoms with Gasteiger partial charge in [0.2, 0.25) is 0 Å². The zero-order chi connectivity index (χ0) is 20.1. The monoisotopic (exact) mass is 376 g/mol. The Morgan fingerprint density at radius 2 is 1.68 bits per heavy atom. The van der Waals surface area contributed by atoms with Crippen molar-refractivity contribution in [3.63, 3.8) is 0 Å². The Bertz CT molecular complexity index is 1000. The van der Waals surface area contributed by atoms with E-state index in [9.17, 15) is 9.59 Å². The van der Waals surface area contributed by atoms with E-state index in [-0.39, 0.29) is 17.9 Å². The van der Waals surface area contributed by atoms with Gasteiger partial charge in [0.15, 0.2) is 5.78 Å². The van der Waals surface area contributed by atoms with Gasteiger partial charge in [-0.3, -0.25) is 9.59 Å². The van der Waals surface area contributed by atoms with Crippen molar-refractivity contribution < 1.29 is 9.53 Å². The van der Waals surface area contributed by atoms with E-state index < -0.39 is 0 Å². The highest BCUT2D eigenvalue weighted by molar-refractivity contribution is 5.95. The van der Waals surface area contributed by atoms with E-state index in [0.29, 0.717) is 22.9 Å². The largest absolute Gasteiger partial charge is 0.497 e. The van der Waals surface area contributed by atoms with Crippen LogP contribution in [0.15, 0.2) is 65.5 Å². The second kappa shape index (κ2) is 8.65. The standard InChI is InChI=1S/C23H24N2O3/c1-16(2)14-17-4-6-18(7-5-17)21-12-13-23(27)25(24-21)15-22(26)19-8-10-20(28-3)11-9-19/h4-13,16H,14-15H2,1-3H3.